The fraction of sp³-hybridized carbons (Fsp3) is 0.231. The molecule has 1 aliphatic heterocycles. The van der Waals surface area contributed by atoms with E-state index in [0.29, 0.717) is 12.1 Å². The van der Waals surface area contributed by atoms with Gasteiger partial charge in [-0.15, -0.1) is 0 Å². The maximum atomic E-state index is 11.9. The second-order valence-corrected chi connectivity index (χ2v) is 6.85. The Bertz CT molecular complexity index is 764. The van der Waals surface area contributed by atoms with Gasteiger partial charge in [-0.2, -0.15) is 0 Å². The lowest BCUT2D eigenvalue weighted by atomic mass is 10.2. The van der Waals surface area contributed by atoms with E-state index in [2.05, 4.69) is 0 Å². The second-order valence-electron chi connectivity index (χ2n) is 4.54. The standard InChI is InChI=1S/C13H13ClN2O2S/c1-19(17,18)16-9-7-10-4-2-5-11(13(10)16)15-8-3-6-12(15)14/h2-7,9,12H,8H2,1H3. The van der Waals surface area contributed by atoms with Crippen molar-refractivity contribution < 1.29 is 8.42 Å². The Balaban J connectivity index is 2.28. The molecule has 1 aromatic heterocycles. The number of hydrogen-bond donors (Lipinski definition) is 0. The SMILES string of the molecule is CS(=O)(=O)n1ccc2cccc(N3CC=CC3Cl)c21. The molecule has 6 heteroatoms. The van der Waals surface area contributed by atoms with E-state index in [0.717, 1.165) is 11.1 Å². The molecule has 1 aliphatic rings. The minimum Gasteiger partial charge on any atom is -0.346 e. The highest BCUT2D eigenvalue weighted by atomic mass is 35.5. The van der Waals surface area contributed by atoms with Gasteiger partial charge in [-0.1, -0.05) is 29.8 Å². The highest BCUT2D eigenvalue weighted by Crippen LogP contribution is 2.32. The normalized spacial score (nSPS) is 19.5. The summed E-state index contributed by atoms with van der Waals surface area (Å²) >= 11 is 6.23. The van der Waals surface area contributed by atoms with Gasteiger partial charge in [0.25, 0.3) is 0 Å². The van der Waals surface area contributed by atoms with Gasteiger partial charge in [0.05, 0.1) is 17.5 Å². The summed E-state index contributed by atoms with van der Waals surface area (Å²) in [6.07, 6.45) is 6.65. The van der Waals surface area contributed by atoms with Crippen LogP contribution < -0.4 is 4.90 Å². The Morgan fingerprint density at radius 2 is 2.11 bits per heavy atom. The van der Waals surface area contributed by atoms with Crippen molar-refractivity contribution in [3.05, 3.63) is 42.6 Å². The summed E-state index contributed by atoms with van der Waals surface area (Å²) in [4.78, 5) is 1.96. The molecule has 3 rings (SSSR count). The van der Waals surface area contributed by atoms with Crippen LogP contribution in [0.1, 0.15) is 0 Å². The number of halogens is 1. The largest absolute Gasteiger partial charge is 0.346 e. The number of anilines is 1. The molecule has 4 nitrogen and oxygen atoms in total. The Labute approximate surface area is 116 Å². The summed E-state index contributed by atoms with van der Waals surface area (Å²) in [5.74, 6) is 0. The fourth-order valence-electron chi connectivity index (χ4n) is 2.38. The maximum absolute atomic E-state index is 11.9. The third kappa shape index (κ3) is 2.03. The van der Waals surface area contributed by atoms with Crippen molar-refractivity contribution >= 4 is 38.2 Å². The first-order valence-corrected chi connectivity index (χ1v) is 8.15. The van der Waals surface area contributed by atoms with Crippen molar-refractivity contribution in [2.24, 2.45) is 0 Å². The smallest absolute Gasteiger partial charge is 0.236 e. The average Bonchev–Trinajstić information content (AvgIpc) is 2.93. The lowest BCUT2D eigenvalue weighted by Crippen LogP contribution is -2.26. The molecule has 2 aromatic rings. The first-order chi connectivity index (χ1) is 8.98. The minimum atomic E-state index is -3.33. The van der Waals surface area contributed by atoms with Crippen LogP contribution in [0.2, 0.25) is 0 Å². The van der Waals surface area contributed by atoms with Crippen LogP contribution in [-0.4, -0.2) is 30.7 Å². The molecule has 0 radical (unpaired) electrons. The van der Waals surface area contributed by atoms with Crippen molar-refractivity contribution in [3.8, 4) is 0 Å². The maximum Gasteiger partial charge on any atom is 0.236 e. The summed E-state index contributed by atoms with van der Waals surface area (Å²) in [5, 5.41) is 0.888. The average molecular weight is 297 g/mol. The molecule has 0 amide bonds. The highest BCUT2D eigenvalue weighted by Gasteiger charge is 2.22. The van der Waals surface area contributed by atoms with Crippen LogP contribution in [0.3, 0.4) is 0 Å². The van der Waals surface area contributed by atoms with Crippen LogP contribution >= 0.6 is 11.6 Å². The van der Waals surface area contributed by atoms with E-state index in [1.807, 2.05) is 35.3 Å². The Hall–Kier alpha value is -1.46. The number of para-hydroxylation sites is 1. The van der Waals surface area contributed by atoms with Crippen LogP contribution in [0.5, 0.6) is 0 Å². The van der Waals surface area contributed by atoms with Crippen LogP contribution in [0.25, 0.3) is 10.9 Å². The Morgan fingerprint density at radius 3 is 2.74 bits per heavy atom. The highest BCUT2D eigenvalue weighted by molar-refractivity contribution is 7.89. The molecule has 19 heavy (non-hydrogen) atoms. The summed E-state index contributed by atoms with van der Waals surface area (Å²) in [7, 11) is -3.33. The molecule has 1 unspecified atom stereocenters. The van der Waals surface area contributed by atoms with Gasteiger partial charge in [0.2, 0.25) is 10.0 Å². The van der Waals surface area contributed by atoms with E-state index < -0.39 is 10.0 Å². The van der Waals surface area contributed by atoms with E-state index in [-0.39, 0.29) is 5.50 Å². The van der Waals surface area contributed by atoms with Crippen molar-refractivity contribution in [3.63, 3.8) is 0 Å². The molecular weight excluding hydrogens is 284 g/mol. The Morgan fingerprint density at radius 1 is 1.32 bits per heavy atom. The first-order valence-electron chi connectivity index (χ1n) is 5.86. The van der Waals surface area contributed by atoms with E-state index in [1.54, 1.807) is 12.3 Å². The zero-order valence-corrected chi connectivity index (χ0v) is 11.9. The van der Waals surface area contributed by atoms with Gasteiger partial charge in [-0.3, -0.25) is 0 Å². The molecule has 0 saturated heterocycles. The second kappa shape index (κ2) is 4.28. The molecule has 1 aromatic carbocycles. The van der Waals surface area contributed by atoms with Gasteiger partial charge >= 0.3 is 0 Å². The van der Waals surface area contributed by atoms with Gasteiger partial charge in [0.15, 0.2) is 0 Å². The third-order valence-electron chi connectivity index (χ3n) is 3.22. The summed E-state index contributed by atoms with van der Waals surface area (Å²) in [6, 6.07) is 7.50. The molecule has 0 N–H and O–H groups in total. The van der Waals surface area contributed by atoms with Crippen molar-refractivity contribution in [1.29, 1.82) is 0 Å². The molecule has 2 heterocycles. The summed E-state index contributed by atoms with van der Waals surface area (Å²) in [5.41, 5.74) is 1.27. The van der Waals surface area contributed by atoms with E-state index in [9.17, 15) is 8.42 Å². The summed E-state index contributed by atoms with van der Waals surface area (Å²) in [6.45, 7) is 0.683. The molecule has 0 aliphatic carbocycles. The van der Waals surface area contributed by atoms with Gasteiger partial charge in [-0.05, 0) is 18.2 Å². The quantitative estimate of drug-likeness (QED) is 0.485. The van der Waals surface area contributed by atoms with Gasteiger partial charge < -0.3 is 4.90 Å². The topological polar surface area (TPSA) is 42.3 Å². The molecule has 0 saturated carbocycles. The number of benzene rings is 1. The molecule has 1 atom stereocenters. The number of nitrogens with zero attached hydrogens (tertiary/aromatic N) is 2. The third-order valence-corrected chi connectivity index (χ3v) is 4.62. The number of aromatic nitrogens is 1. The number of rotatable bonds is 2. The van der Waals surface area contributed by atoms with Crippen molar-refractivity contribution in [1.82, 2.24) is 3.97 Å². The zero-order valence-electron chi connectivity index (χ0n) is 10.3. The van der Waals surface area contributed by atoms with Crippen LogP contribution in [0.15, 0.2) is 42.6 Å². The number of hydrogen-bond acceptors (Lipinski definition) is 3. The number of fused-ring (bicyclic) bond motifs is 1. The van der Waals surface area contributed by atoms with Gasteiger partial charge in [-0.25, -0.2) is 12.4 Å². The lowest BCUT2D eigenvalue weighted by molar-refractivity contribution is 0.595. The zero-order chi connectivity index (χ0) is 13.6. The van der Waals surface area contributed by atoms with Gasteiger partial charge in [0.1, 0.15) is 5.50 Å². The minimum absolute atomic E-state index is 0.242. The summed E-state index contributed by atoms with van der Waals surface area (Å²) < 4.78 is 25.0. The van der Waals surface area contributed by atoms with Crippen molar-refractivity contribution in [2.75, 3.05) is 17.7 Å². The van der Waals surface area contributed by atoms with Crippen molar-refractivity contribution in [2.45, 2.75) is 5.50 Å². The predicted octanol–water partition coefficient (Wildman–Crippen LogP) is 2.39. The van der Waals surface area contributed by atoms with Crippen LogP contribution in [0, 0.1) is 0 Å². The molecular formula is C13H13ClN2O2S. The van der Waals surface area contributed by atoms with Crippen LogP contribution in [0.4, 0.5) is 5.69 Å². The van der Waals surface area contributed by atoms with Crippen LogP contribution in [-0.2, 0) is 10.0 Å². The first kappa shape index (κ1) is 12.6. The Kier molecular flexibility index (Phi) is 2.83. The van der Waals surface area contributed by atoms with E-state index in [1.165, 1.54) is 10.2 Å². The van der Waals surface area contributed by atoms with E-state index >= 15 is 0 Å². The monoisotopic (exact) mass is 296 g/mol. The molecule has 0 fully saturated rings. The van der Waals surface area contributed by atoms with E-state index in [4.69, 9.17) is 11.6 Å². The molecule has 100 valence electrons. The molecule has 0 spiro atoms. The molecule has 0 bridgehead atoms. The predicted molar refractivity (Wildman–Crippen MR) is 78.3 cm³/mol. The fourth-order valence-corrected chi connectivity index (χ4v) is 3.48. The van der Waals surface area contributed by atoms with Gasteiger partial charge in [0, 0.05) is 18.1 Å². The number of alkyl halides is 1. The lowest BCUT2D eigenvalue weighted by Gasteiger charge is -2.23.